The van der Waals surface area contributed by atoms with E-state index in [9.17, 15) is 9.59 Å². The summed E-state index contributed by atoms with van der Waals surface area (Å²) in [5, 5.41) is 5.89. The number of pyridine rings is 1. The normalized spacial score (nSPS) is 16.4. The molecule has 4 heterocycles. The van der Waals surface area contributed by atoms with Crippen LogP contribution in [0.2, 0.25) is 0 Å². The first-order valence-electron chi connectivity index (χ1n) is 12.0. The molecule has 6 rings (SSSR count). The lowest BCUT2D eigenvalue weighted by molar-refractivity contribution is -0.132. The largest absolute Gasteiger partial charge is 0.356 e. The Morgan fingerprint density at radius 2 is 1.91 bits per heavy atom. The zero-order chi connectivity index (χ0) is 23.9. The van der Waals surface area contributed by atoms with E-state index in [1.165, 1.54) is 0 Å². The number of fused-ring (bicyclic) bond motifs is 5. The molecule has 0 aliphatic carbocycles. The maximum Gasteiger partial charge on any atom is 0.254 e. The molecule has 1 fully saturated rings. The highest BCUT2D eigenvalue weighted by Crippen LogP contribution is 2.31. The molecule has 2 N–H and O–H groups in total. The number of hydrogen-bond acceptors (Lipinski definition) is 4. The number of nitrogens with zero attached hydrogens (tertiary/aromatic N) is 3. The second kappa shape index (κ2) is 8.67. The molecule has 1 saturated heterocycles. The van der Waals surface area contributed by atoms with E-state index in [-0.39, 0.29) is 11.8 Å². The topological polar surface area (TPSA) is 81.3 Å². The molecule has 2 amide bonds. The summed E-state index contributed by atoms with van der Waals surface area (Å²) in [7, 11) is 2.09. The van der Waals surface area contributed by atoms with Crippen molar-refractivity contribution in [3.05, 3.63) is 76.7 Å². The Morgan fingerprint density at radius 3 is 2.77 bits per heavy atom. The SMILES string of the molecule is CN1CCN(C(=O)Cc2cccc(/C=C/c3cc4c(ccc5c6c([nH]c54)CNC6=O)cn3)c2)CC1. The Kier molecular flexibility index (Phi) is 5.34. The molecule has 0 radical (unpaired) electrons. The average molecular weight is 466 g/mol. The van der Waals surface area contributed by atoms with Gasteiger partial charge in [-0.2, -0.15) is 0 Å². The second-order valence-corrected chi connectivity index (χ2v) is 9.42. The Balaban J connectivity index is 1.23. The van der Waals surface area contributed by atoms with E-state index < -0.39 is 0 Å². The number of rotatable bonds is 4. The molecular weight excluding hydrogens is 438 g/mol. The zero-order valence-corrected chi connectivity index (χ0v) is 19.7. The van der Waals surface area contributed by atoms with Crippen LogP contribution in [0.25, 0.3) is 33.8 Å². The minimum atomic E-state index is -0.0224. The van der Waals surface area contributed by atoms with Crippen molar-refractivity contribution in [2.24, 2.45) is 0 Å². The van der Waals surface area contributed by atoms with Crippen LogP contribution in [0, 0.1) is 0 Å². The smallest absolute Gasteiger partial charge is 0.254 e. The molecule has 2 aromatic carbocycles. The highest BCUT2D eigenvalue weighted by molar-refractivity contribution is 6.16. The van der Waals surface area contributed by atoms with E-state index in [1.807, 2.05) is 53.6 Å². The van der Waals surface area contributed by atoms with Crippen LogP contribution in [0.4, 0.5) is 0 Å². The number of amides is 2. The van der Waals surface area contributed by atoms with Gasteiger partial charge in [0.2, 0.25) is 5.91 Å². The van der Waals surface area contributed by atoms with Gasteiger partial charge >= 0.3 is 0 Å². The van der Waals surface area contributed by atoms with Crippen LogP contribution in [0.5, 0.6) is 0 Å². The van der Waals surface area contributed by atoms with Gasteiger partial charge in [0.25, 0.3) is 5.91 Å². The molecule has 4 aromatic rings. The van der Waals surface area contributed by atoms with Crippen LogP contribution in [-0.2, 0) is 17.8 Å². The molecule has 2 aliphatic heterocycles. The van der Waals surface area contributed by atoms with Gasteiger partial charge in [0.05, 0.1) is 29.7 Å². The molecule has 0 bridgehead atoms. The third kappa shape index (κ3) is 4.08. The standard InChI is InChI=1S/C28H27N5O2/c1-32-9-11-33(12-10-32)25(34)14-19-4-2-3-18(13-19)5-7-21-15-23-20(16-29-21)6-8-22-26-24(31-27(22)23)17-30-28(26)35/h2-8,13,15-16,31H,9-12,14,17H2,1H3,(H,30,35)/b7-5+. The van der Waals surface area contributed by atoms with Crippen molar-refractivity contribution in [2.75, 3.05) is 33.2 Å². The fourth-order valence-electron chi connectivity index (χ4n) is 5.02. The first kappa shape index (κ1) is 21.6. The van der Waals surface area contributed by atoms with Gasteiger partial charge in [-0.25, -0.2) is 0 Å². The predicted octanol–water partition coefficient (Wildman–Crippen LogP) is 3.45. The number of H-pyrrole nitrogens is 1. The summed E-state index contributed by atoms with van der Waals surface area (Å²) in [6.07, 6.45) is 6.30. The summed E-state index contributed by atoms with van der Waals surface area (Å²) >= 11 is 0. The number of piperazine rings is 1. The summed E-state index contributed by atoms with van der Waals surface area (Å²) in [5.41, 5.74) is 5.55. The summed E-state index contributed by atoms with van der Waals surface area (Å²) < 4.78 is 0. The summed E-state index contributed by atoms with van der Waals surface area (Å²) in [6, 6.07) is 14.2. The lowest BCUT2D eigenvalue weighted by Gasteiger charge is -2.32. The Bertz CT molecular complexity index is 1490. The lowest BCUT2D eigenvalue weighted by atomic mass is 10.0. The van der Waals surface area contributed by atoms with Gasteiger partial charge in [0.1, 0.15) is 0 Å². The maximum atomic E-state index is 12.7. The van der Waals surface area contributed by atoms with Crippen LogP contribution in [0.1, 0.15) is 32.9 Å². The monoisotopic (exact) mass is 465 g/mol. The van der Waals surface area contributed by atoms with E-state index in [0.717, 1.165) is 75.9 Å². The van der Waals surface area contributed by atoms with E-state index in [2.05, 4.69) is 39.4 Å². The highest BCUT2D eigenvalue weighted by Gasteiger charge is 2.25. The fraction of sp³-hybridized carbons (Fsp3) is 0.250. The molecule has 176 valence electrons. The predicted molar refractivity (Wildman–Crippen MR) is 138 cm³/mol. The number of aromatic amines is 1. The molecule has 0 spiro atoms. The quantitative estimate of drug-likeness (QED) is 0.484. The molecule has 2 aromatic heterocycles. The van der Waals surface area contributed by atoms with Crippen molar-refractivity contribution in [3.63, 3.8) is 0 Å². The van der Waals surface area contributed by atoms with E-state index in [1.54, 1.807) is 0 Å². The van der Waals surface area contributed by atoms with Gasteiger partial charge in [-0.1, -0.05) is 42.5 Å². The summed E-state index contributed by atoms with van der Waals surface area (Å²) in [6.45, 7) is 3.99. The molecule has 0 saturated carbocycles. The van der Waals surface area contributed by atoms with Crippen LogP contribution in [0.3, 0.4) is 0 Å². The van der Waals surface area contributed by atoms with Crippen molar-refractivity contribution in [3.8, 4) is 0 Å². The zero-order valence-electron chi connectivity index (χ0n) is 19.7. The number of nitrogens with one attached hydrogen (secondary N) is 2. The minimum Gasteiger partial charge on any atom is -0.356 e. The Hall–Kier alpha value is -3.97. The minimum absolute atomic E-state index is 0.0224. The highest BCUT2D eigenvalue weighted by atomic mass is 16.2. The number of likely N-dealkylation sites (N-methyl/N-ethyl adjacent to an activating group) is 1. The summed E-state index contributed by atoms with van der Waals surface area (Å²) in [5.74, 6) is 0.164. The third-order valence-corrected chi connectivity index (χ3v) is 7.03. The molecule has 7 heteroatoms. The number of benzene rings is 2. The van der Waals surface area contributed by atoms with Crippen molar-refractivity contribution in [2.45, 2.75) is 13.0 Å². The third-order valence-electron chi connectivity index (χ3n) is 7.03. The first-order valence-corrected chi connectivity index (χ1v) is 12.0. The van der Waals surface area contributed by atoms with Crippen LogP contribution in [0.15, 0.2) is 48.7 Å². The van der Waals surface area contributed by atoms with Crippen LogP contribution < -0.4 is 5.32 Å². The number of carbonyl (C=O) groups excluding carboxylic acids is 2. The van der Waals surface area contributed by atoms with Gasteiger partial charge in [0.15, 0.2) is 0 Å². The van der Waals surface area contributed by atoms with E-state index in [4.69, 9.17) is 0 Å². The van der Waals surface area contributed by atoms with Gasteiger partial charge in [-0.3, -0.25) is 14.6 Å². The van der Waals surface area contributed by atoms with Crippen molar-refractivity contribution < 1.29 is 9.59 Å². The molecule has 2 aliphatic rings. The van der Waals surface area contributed by atoms with Crippen molar-refractivity contribution in [1.82, 2.24) is 25.1 Å². The van der Waals surface area contributed by atoms with Crippen molar-refractivity contribution in [1.29, 1.82) is 0 Å². The van der Waals surface area contributed by atoms with Gasteiger partial charge in [-0.15, -0.1) is 0 Å². The molecule has 0 unspecified atom stereocenters. The average Bonchev–Trinajstić information content (AvgIpc) is 3.43. The summed E-state index contributed by atoms with van der Waals surface area (Å²) in [4.78, 5) is 37.2. The molecular formula is C28H27N5O2. The second-order valence-electron chi connectivity index (χ2n) is 9.42. The molecule has 35 heavy (non-hydrogen) atoms. The van der Waals surface area contributed by atoms with Gasteiger partial charge in [-0.05, 0) is 30.3 Å². The number of hydrogen-bond donors (Lipinski definition) is 2. The lowest BCUT2D eigenvalue weighted by Crippen LogP contribution is -2.47. The number of aromatic nitrogens is 2. The van der Waals surface area contributed by atoms with Crippen LogP contribution >= 0.6 is 0 Å². The van der Waals surface area contributed by atoms with E-state index >= 15 is 0 Å². The molecule has 7 nitrogen and oxygen atoms in total. The van der Waals surface area contributed by atoms with Gasteiger partial charge in [0, 0.05) is 54.2 Å². The Morgan fingerprint density at radius 1 is 1.06 bits per heavy atom. The number of carbonyl (C=O) groups is 2. The van der Waals surface area contributed by atoms with E-state index in [0.29, 0.717) is 13.0 Å². The van der Waals surface area contributed by atoms with Gasteiger partial charge < -0.3 is 20.1 Å². The fourth-order valence-corrected chi connectivity index (χ4v) is 5.02. The Labute approximate surface area is 203 Å². The van der Waals surface area contributed by atoms with Crippen molar-refractivity contribution >= 4 is 45.6 Å². The molecule has 0 atom stereocenters. The van der Waals surface area contributed by atoms with Crippen LogP contribution in [-0.4, -0.2) is 64.8 Å². The maximum absolute atomic E-state index is 12.7. The first-order chi connectivity index (χ1) is 17.0.